The molecule has 98 valence electrons. The Kier molecular flexibility index (Phi) is 3.76. The first-order chi connectivity index (χ1) is 8.99. The number of carbonyl (C=O) groups excluding carboxylic acids is 1. The molecule has 3 nitrogen and oxygen atoms in total. The Hall–Kier alpha value is -2.01. The second kappa shape index (κ2) is 5.32. The van der Waals surface area contributed by atoms with Gasteiger partial charge in [0.05, 0.1) is 16.9 Å². The van der Waals surface area contributed by atoms with Crippen LogP contribution in [0.25, 0.3) is 0 Å². The fourth-order valence-electron chi connectivity index (χ4n) is 1.53. The van der Waals surface area contributed by atoms with Crippen molar-refractivity contribution in [2.45, 2.75) is 6.92 Å². The van der Waals surface area contributed by atoms with Crippen LogP contribution >= 0.6 is 11.6 Å². The van der Waals surface area contributed by atoms with Crippen molar-refractivity contribution in [2.24, 2.45) is 0 Å². The molecule has 1 amide bonds. The summed E-state index contributed by atoms with van der Waals surface area (Å²) in [5, 5.41) is 2.74. The molecule has 6 heteroatoms. The largest absolute Gasteiger partial charge is 0.320 e. The van der Waals surface area contributed by atoms with Crippen molar-refractivity contribution in [1.29, 1.82) is 0 Å². The van der Waals surface area contributed by atoms with Gasteiger partial charge in [0.15, 0.2) is 11.6 Å². The molecular formula is C13H9ClF2N2O. The molecule has 0 aliphatic carbocycles. The summed E-state index contributed by atoms with van der Waals surface area (Å²) in [6, 6.07) is 6.44. The third-order valence-electron chi connectivity index (χ3n) is 2.50. The number of rotatable bonds is 2. The molecule has 0 fully saturated rings. The topological polar surface area (TPSA) is 42.0 Å². The molecule has 1 aromatic heterocycles. The Balaban J connectivity index is 2.28. The van der Waals surface area contributed by atoms with Gasteiger partial charge in [-0.2, -0.15) is 0 Å². The summed E-state index contributed by atoms with van der Waals surface area (Å²) >= 11 is 5.68. The number of nitrogens with one attached hydrogen (secondary N) is 1. The maximum atomic E-state index is 13.4. The molecule has 0 saturated carbocycles. The fourth-order valence-corrected chi connectivity index (χ4v) is 1.72. The van der Waals surface area contributed by atoms with Crippen LogP contribution in [0.1, 0.15) is 16.1 Å². The van der Waals surface area contributed by atoms with Crippen LogP contribution in [0.5, 0.6) is 0 Å². The summed E-state index contributed by atoms with van der Waals surface area (Å²) in [6.07, 6.45) is 0. The molecule has 1 N–H and O–H groups in total. The molecule has 0 aliphatic heterocycles. The second-order valence-electron chi connectivity index (χ2n) is 3.82. The van der Waals surface area contributed by atoms with Crippen LogP contribution in [-0.4, -0.2) is 10.9 Å². The predicted molar refractivity (Wildman–Crippen MR) is 68.3 cm³/mol. The number of carbonyl (C=O) groups is 1. The van der Waals surface area contributed by atoms with Gasteiger partial charge in [-0.15, -0.1) is 0 Å². The van der Waals surface area contributed by atoms with Crippen molar-refractivity contribution < 1.29 is 13.6 Å². The number of anilines is 1. The molecule has 0 unspecified atom stereocenters. The van der Waals surface area contributed by atoms with E-state index in [0.717, 1.165) is 6.07 Å². The first kappa shape index (κ1) is 13.4. The molecule has 1 aromatic carbocycles. The number of aryl methyl sites for hydroxylation is 1. The van der Waals surface area contributed by atoms with Crippen LogP contribution in [0, 0.1) is 18.6 Å². The van der Waals surface area contributed by atoms with Gasteiger partial charge in [-0.3, -0.25) is 4.79 Å². The summed E-state index contributed by atoms with van der Waals surface area (Å²) in [5.41, 5.74) is 0.505. The van der Waals surface area contributed by atoms with Gasteiger partial charge in [0.2, 0.25) is 0 Å². The summed E-state index contributed by atoms with van der Waals surface area (Å²) in [6.45, 7) is 1.64. The number of hydrogen-bond acceptors (Lipinski definition) is 2. The number of nitrogens with zero attached hydrogens (tertiary/aromatic N) is 1. The van der Waals surface area contributed by atoms with Gasteiger partial charge >= 0.3 is 0 Å². The van der Waals surface area contributed by atoms with Gasteiger partial charge in [0.25, 0.3) is 5.91 Å². The molecule has 0 radical (unpaired) electrons. The minimum Gasteiger partial charge on any atom is -0.320 e. The zero-order chi connectivity index (χ0) is 14.0. The molecule has 0 spiro atoms. The van der Waals surface area contributed by atoms with Crippen molar-refractivity contribution >= 4 is 23.2 Å². The summed E-state index contributed by atoms with van der Waals surface area (Å²) in [5.74, 6) is -3.00. The van der Waals surface area contributed by atoms with E-state index in [0.29, 0.717) is 11.4 Å². The van der Waals surface area contributed by atoms with Gasteiger partial charge in [-0.25, -0.2) is 13.8 Å². The standard InChI is InChI=1S/C13H9ClF2N2O/c1-7-10(5-6-11(14)17-7)18-13(19)8-3-2-4-9(15)12(8)16/h2-6H,1H3,(H,18,19). The highest BCUT2D eigenvalue weighted by Crippen LogP contribution is 2.18. The van der Waals surface area contributed by atoms with Crippen LogP contribution in [0.4, 0.5) is 14.5 Å². The van der Waals surface area contributed by atoms with Gasteiger partial charge in [-0.1, -0.05) is 17.7 Å². The maximum Gasteiger partial charge on any atom is 0.258 e. The van der Waals surface area contributed by atoms with E-state index in [1.807, 2.05) is 0 Å². The average molecular weight is 283 g/mol. The SMILES string of the molecule is Cc1nc(Cl)ccc1NC(=O)c1cccc(F)c1F. The Labute approximate surface area is 113 Å². The molecule has 0 saturated heterocycles. The average Bonchev–Trinajstić information content (AvgIpc) is 2.36. The summed E-state index contributed by atoms with van der Waals surface area (Å²) in [4.78, 5) is 15.8. The fraction of sp³-hybridized carbons (Fsp3) is 0.0769. The first-order valence-corrected chi connectivity index (χ1v) is 5.75. The normalized spacial score (nSPS) is 10.3. The van der Waals surface area contributed by atoms with E-state index < -0.39 is 17.5 Å². The van der Waals surface area contributed by atoms with E-state index in [4.69, 9.17) is 11.6 Å². The van der Waals surface area contributed by atoms with Crippen molar-refractivity contribution in [3.8, 4) is 0 Å². The number of benzene rings is 1. The highest BCUT2D eigenvalue weighted by Gasteiger charge is 2.16. The van der Waals surface area contributed by atoms with Crippen LogP contribution in [-0.2, 0) is 0 Å². The Morgan fingerprint density at radius 3 is 2.68 bits per heavy atom. The zero-order valence-electron chi connectivity index (χ0n) is 9.88. The number of aromatic nitrogens is 1. The lowest BCUT2D eigenvalue weighted by molar-refractivity contribution is 0.102. The molecule has 0 aliphatic rings. The van der Waals surface area contributed by atoms with Gasteiger partial charge in [0, 0.05) is 0 Å². The Morgan fingerprint density at radius 2 is 2.00 bits per heavy atom. The summed E-state index contributed by atoms with van der Waals surface area (Å²) in [7, 11) is 0. The highest BCUT2D eigenvalue weighted by molar-refractivity contribution is 6.29. The van der Waals surface area contributed by atoms with Crippen molar-refractivity contribution in [2.75, 3.05) is 5.32 Å². The third kappa shape index (κ3) is 2.88. The Bertz CT molecular complexity index is 647. The number of pyridine rings is 1. The van der Waals surface area contributed by atoms with Crippen molar-refractivity contribution in [1.82, 2.24) is 4.98 Å². The van der Waals surface area contributed by atoms with Gasteiger partial charge < -0.3 is 5.32 Å². The van der Waals surface area contributed by atoms with Crippen LogP contribution < -0.4 is 5.32 Å². The molecular weight excluding hydrogens is 274 g/mol. The lowest BCUT2D eigenvalue weighted by Crippen LogP contribution is -2.15. The van der Waals surface area contributed by atoms with E-state index in [9.17, 15) is 13.6 Å². The van der Waals surface area contributed by atoms with E-state index in [-0.39, 0.29) is 10.7 Å². The highest BCUT2D eigenvalue weighted by atomic mass is 35.5. The molecule has 19 heavy (non-hydrogen) atoms. The van der Waals surface area contributed by atoms with Crippen LogP contribution in [0.15, 0.2) is 30.3 Å². The minimum absolute atomic E-state index is 0.285. The second-order valence-corrected chi connectivity index (χ2v) is 4.21. The lowest BCUT2D eigenvalue weighted by atomic mass is 10.2. The molecule has 2 aromatic rings. The smallest absolute Gasteiger partial charge is 0.258 e. The number of amides is 1. The molecule has 1 heterocycles. The van der Waals surface area contributed by atoms with Crippen LogP contribution in [0.2, 0.25) is 5.15 Å². The van der Waals surface area contributed by atoms with E-state index in [2.05, 4.69) is 10.3 Å². The predicted octanol–water partition coefficient (Wildman–Crippen LogP) is 3.57. The van der Waals surface area contributed by atoms with Crippen molar-refractivity contribution in [3.05, 3.63) is 58.4 Å². The van der Waals surface area contributed by atoms with Crippen molar-refractivity contribution in [3.63, 3.8) is 0 Å². The van der Waals surface area contributed by atoms with Gasteiger partial charge in [-0.05, 0) is 31.2 Å². The quantitative estimate of drug-likeness (QED) is 0.856. The minimum atomic E-state index is -1.18. The van der Waals surface area contributed by atoms with Gasteiger partial charge in [0.1, 0.15) is 5.15 Å². The summed E-state index contributed by atoms with van der Waals surface area (Å²) < 4.78 is 26.5. The first-order valence-electron chi connectivity index (χ1n) is 5.37. The van der Waals surface area contributed by atoms with E-state index >= 15 is 0 Å². The molecule has 2 rings (SSSR count). The third-order valence-corrected chi connectivity index (χ3v) is 2.71. The molecule has 0 bridgehead atoms. The lowest BCUT2D eigenvalue weighted by Gasteiger charge is -2.08. The number of hydrogen-bond donors (Lipinski definition) is 1. The number of halogens is 3. The van der Waals surface area contributed by atoms with E-state index in [1.165, 1.54) is 18.2 Å². The molecule has 0 atom stereocenters. The van der Waals surface area contributed by atoms with E-state index in [1.54, 1.807) is 13.0 Å². The monoisotopic (exact) mass is 282 g/mol. The maximum absolute atomic E-state index is 13.4. The Morgan fingerprint density at radius 1 is 1.26 bits per heavy atom. The zero-order valence-corrected chi connectivity index (χ0v) is 10.6. The van der Waals surface area contributed by atoms with Crippen LogP contribution in [0.3, 0.4) is 0 Å².